The number of amides is 2. The van der Waals surface area contributed by atoms with Crippen LogP contribution in [0, 0.1) is 17.3 Å². The highest BCUT2D eigenvalue weighted by Gasteiger charge is 2.35. The molecule has 2 heterocycles. The van der Waals surface area contributed by atoms with Crippen molar-refractivity contribution in [2.45, 2.75) is 58.8 Å². The van der Waals surface area contributed by atoms with E-state index in [1.54, 1.807) is 0 Å². The summed E-state index contributed by atoms with van der Waals surface area (Å²) < 4.78 is 0. The molecule has 0 aromatic rings. The fourth-order valence-electron chi connectivity index (χ4n) is 5.50. The van der Waals surface area contributed by atoms with Crippen molar-refractivity contribution in [3.05, 3.63) is 0 Å². The van der Waals surface area contributed by atoms with E-state index in [1.807, 2.05) is 9.80 Å². The van der Waals surface area contributed by atoms with Crippen LogP contribution in [-0.4, -0.2) is 78.9 Å². The van der Waals surface area contributed by atoms with Gasteiger partial charge in [0, 0.05) is 45.7 Å². The lowest BCUT2D eigenvalue weighted by Gasteiger charge is -2.40. The van der Waals surface area contributed by atoms with Crippen molar-refractivity contribution in [1.29, 1.82) is 0 Å². The van der Waals surface area contributed by atoms with Crippen LogP contribution in [0.4, 0.5) is 0 Å². The zero-order valence-corrected chi connectivity index (χ0v) is 20.4. The molecule has 0 radical (unpaired) electrons. The van der Waals surface area contributed by atoms with Gasteiger partial charge < -0.3 is 15.5 Å². The van der Waals surface area contributed by atoms with E-state index < -0.39 is 0 Å². The summed E-state index contributed by atoms with van der Waals surface area (Å²) in [6.45, 7) is 10.4. The number of carbonyl (C=O) groups excluding carboxylic acids is 2. The Hall–Kier alpha value is -0.560. The largest absolute Gasteiger partial charge is 0.341 e. The second kappa shape index (κ2) is 12.5. The van der Waals surface area contributed by atoms with Crippen LogP contribution < -0.4 is 5.73 Å². The Bertz CT molecular complexity index is 539. The second-order valence-corrected chi connectivity index (χ2v) is 9.84. The number of piperazine rings is 1. The minimum Gasteiger partial charge on any atom is -0.341 e. The predicted octanol–water partition coefficient (Wildman–Crippen LogP) is 2.78. The average Bonchev–Trinajstić information content (AvgIpc) is 2.68. The number of nitrogens with two attached hydrogens (primary N) is 1. The van der Waals surface area contributed by atoms with Crippen molar-refractivity contribution in [2.24, 2.45) is 23.0 Å². The first-order valence-electron chi connectivity index (χ1n) is 11.4. The zero-order chi connectivity index (χ0) is 20.1. The Morgan fingerprint density at radius 2 is 1.43 bits per heavy atom. The van der Waals surface area contributed by atoms with E-state index in [4.69, 9.17) is 5.73 Å². The SMILES string of the molecule is CC1CC(C)CN(C(=O)CN2CCN(C(=O)CC3(CN)CCCCC3)CC2)C1.Cl.Cl. The summed E-state index contributed by atoms with van der Waals surface area (Å²) in [5.41, 5.74) is 6.09. The lowest BCUT2D eigenvalue weighted by molar-refractivity contribution is -0.138. The molecular formula is C22H42Cl2N4O2. The summed E-state index contributed by atoms with van der Waals surface area (Å²) in [7, 11) is 0. The summed E-state index contributed by atoms with van der Waals surface area (Å²) >= 11 is 0. The van der Waals surface area contributed by atoms with Gasteiger partial charge in [-0.25, -0.2) is 0 Å². The van der Waals surface area contributed by atoms with E-state index in [0.717, 1.165) is 52.1 Å². The summed E-state index contributed by atoms with van der Waals surface area (Å²) in [6.07, 6.45) is 7.69. The summed E-state index contributed by atoms with van der Waals surface area (Å²) in [4.78, 5) is 31.8. The van der Waals surface area contributed by atoms with Gasteiger partial charge in [-0.3, -0.25) is 14.5 Å². The smallest absolute Gasteiger partial charge is 0.236 e. The molecule has 0 aromatic heterocycles. The topological polar surface area (TPSA) is 69.9 Å². The number of piperidine rings is 1. The molecule has 30 heavy (non-hydrogen) atoms. The number of rotatable bonds is 5. The minimum absolute atomic E-state index is 0. The van der Waals surface area contributed by atoms with Crippen molar-refractivity contribution in [3.63, 3.8) is 0 Å². The normalized spacial score (nSPS) is 27.0. The van der Waals surface area contributed by atoms with Crippen molar-refractivity contribution in [1.82, 2.24) is 14.7 Å². The van der Waals surface area contributed by atoms with Crippen molar-refractivity contribution in [2.75, 3.05) is 52.4 Å². The molecule has 3 rings (SSSR count). The Morgan fingerprint density at radius 1 is 0.867 bits per heavy atom. The first-order chi connectivity index (χ1) is 13.4. The van der Waals surface area contributed by atoms with Gasteiger partial charge in [0.1, 0.15) is 0 Å². The third-order valence-corrected chi connectivity index (χ3v) is 7.18. The lowest BCUT2D eigenvalue weighted by atomic mass is 9.71. The number of nitrogens with zero attached hydrogens (tertiary/aromatic N) is 3. The van der Waals surface area contributed by atoms with E-state index in [2.05, 4.69) is 18.7 Å². The van der Waals surface area contributed by atoms with E-state index >= 15 is 0 Å². The van der Waals surface area contributed by atoms with Crippen LogP contribution in [0.5, 0.6) is 0 Å². The van der Waals surface area contributed by atoms with Gasteiger partial charge in [-0.2, -0.15) is 0 Å². The molecule has 3 aliphatic rings. The highest BCUT2D eigenvalue weighted by atomic mass is 35.5. The van der Waals surface area contributed by atoms with Gasteiger partial charge in [0.15, 0.2) is 0 Å². The fraction of sp³-hybridized carbons (Fsp3) is 0.909. The average molecular weight is 466 g/mol. The van der Waals surface area contributed by atoms with E-state index in [9.17, 15) is 9.59 Å². The molecule has 0 bridgehead atoms. The molecular weight excluding hydrogens is 423 g/mol. The van der Waals surface area contributed by atoms with Gasteiger partial charge in [0.25, 0.3) is 0 Å². The molecule has 3 fully saturated rings. The molecule has 8 heteroatoms. The molecule has 2 aliphatic heterocycles. The van der Waals surface area contributed by atoms with E-state index in [-0.39, 0.29) is 42.0 Å². The van der Waals surface area contributed by atoms with Crippen LogP contribution in [0.25, 0.3) is 0 Å². The third-order valence-electron chi connectivity index (χ3n) is 7.18. The molecule has 2 amide bonds. The maximum Gasteiger partial charge on any atom is 0.236 e. The van der Waals surface area contributed by atoms with Crippen LogP contribution in [0.2, 0.25) is 0 Å². The molecule has 2 atom stereocenters. The Labute approximate surface area is 195 Å². The van der Waals surface area contributed by atoms with Gasteiger partial charge in [0.2, 0.25) is 11.8 Å². The second-order valence-electron chi connectivity index (χ2n) is 9.84. The summed E-state index contributed by atoms with van der Waals surface area (Å²) in [6, 6.07) is 0. The molecule has 2 N–H and O–H groups in total. The van der Waals surface area contributed by atoms with Crippen LogP contribution >= 0.6 is 24.8 Å². The van der Waals surface area contributed by atoms with Crippen LogP contribution in [0.3, 0.4) is 0 Å². The van der Waals surface area contributed by atoms with Crippen LogP contribution in [-0.2, 0) is 9.59 Å². The molecule has 6 nitrogen and oxygen atoms in total. The molecule has 0 spiro atoms. The summed E-state index contributed by atoms with van der Waals surface area (Å²) in [5, 5.41) is 0. The number of halogens is 2. The molecule has 2 unspecified atom stereocenters. The van der Waals surface area contributed by atoms with Crippen molar-refractivity contribution < 1.29 is 9.59 Å². The maximum atomic E-state index is 12.9. The Balaban J connectivity index is 0.00000225. The zero-order valence-electron chi connectivity index (χ0n) is 18.8. The molecule has 1 saturated carbocycles. The first-order valence-corrected chi connectivity index (χ1v) is 11.4. The predicted molar refractivity (Wildman–Crippen MR) is 126 cm³/mol. The highest BCUT2D eigenvalue weighted by molar-refractivity contribution is 5.85. The van der Waals surface area contributed by atoms with E-state index in [0.29, 0.717) is 31.3 Å². The standard InChI is InChI=1S/C22H40N4O2.2ClH/c1-18-12-19(2)15-26(14-18)21(28)16-24-8-10-25(11-9-24)20(27)13-22(17-23)6-4-3-5-7-22;;/h18-19H,3-17,23H2,1-2H3;2*1H. The third kappa shape index (κ3) is 7.25. The van der Waals surface area contributed by atoms with Gasteiger partial charge in [-0.15, -0.1) is 24.8 Å². The monoisotopic (exact) mass is 464 g/mol. The molecule has 0 aromatic carbocycles. The number of hydrogen-bond acceptors (Lipinski definition) is 4. The van der Waals surface area contributed by atoms with Crippen LogP contribution in [0.1, 0.15) is 58.8 Å². The van der Waals surface area contributed by atoms with Crippen molar-refractivity contribution in [3.8, 4) is 0 Å². The Kier molecular flexibility index (Phi) is 11.4. The Morgan fingerprint density at radius 3 is 1.97 bits per heavy atom. The quantitative estimate of drug-likeness (QED) is 0.678. The number of hydrogen-bond donors (Lipinski definition) is 1. The summed E-state index contributed by atoms with van der Waals surface area (Å²) in [5.74, 6) is 1.70. The van der Waals surface area contributed by atoms with Gasteiger partial charge >= 0.3 is 0 Å². The molecule has 176 valence electrons. The van der Waals surface area contributed by atoms with E-state index in [1.165, 1.54) is 25.7 Å². The number of carbonyl (C=O) groups is 2. The molecule has 1 aliphatic carbocycles. The molecule has 2 saturated heterocycles. The van der Waals surface area contributed by atoms with Crippen molar-refractivity contribution >= 4 is 36.6 Å². The highest BCUT2D eigenvalue weighted by Crippen LogP contribution is 2.38. The lowest BCUT2D eigenvalue weighted by Crippen LogP contribution is -2.53. The van der Waals surface area contributed by atoms with Gasteiger partial charge in [-0.1, -0.05) is 33.1 Å². The fourth-order valence-corrected chi connectivity index (χ4v) is 5.50. The minimum atomic E-state index is 0. The van der Waals surface area contributed by atoms with Gasteiger partial charge in [0.05, 0.1) is 6.54 Å². The number of likely N-dealkylation sites (tertiary alicyclic amines) is 1. The maximum absolute atomic E-state index is 12.9. The van der Waals surface area contributed by atoms with Gasteiger partial charge in [-0.05, 0) is 43.1 Å². The van der Waals surface area contributed by atoms with Crippen LogP contribution in [0.15, 0.2) is 0 Å². The first kappa shape index (κ1) is 27.5.